The summed E-state index contributed by atoms with van der Waals surface area (Å²) in [4.78, 5) is 25.3. The molecule has 1 fully saturated rings. The minimum atomic E-state index is -2.00. The fraction of sp³-hybridized carbons (Fsp3) is 0.214. The molecule has 45 heavy (non-hydrogen) atoms. The molecule has 238 valence electrons. The maximum Gasteiger partial charge on any atom is 0.338 e. The number of ether oxygens (including phenoxy) is 3. The highest BCUT2D eigenvalue weighted by atomic mass is 16.7. The van der Waals surface area contributed by atoms with Gasteiger partial charge in [0.05, 0.1) is 5.56 Å². The van der Waals surface area contributed by atoms with Crippen LogP contribution in [0.5, 0.6) is 51.7 Å². The topological polar surface area (TPSA) is 298 Å². The Hall–Kier alpha value is -5.62. The number of hydrogen-bond acceptors (Lipinski definition) is 17. The first-order valence-corrected chi connectivity index (χ1v) is 12.7. The van der Waals surface area contributed by atoms with Crippen LogP contribution in [0.15, 0.2) is 45.6 Å². The van der Waals surface area contributed by atoms with E-state index >= 15 is 0 Å². The molecule has 0 amide bonds. The molecule has 3 aromatic carbocycles. The first kappa shape index (κ1) is 30.8. The van der Waals surface area contributed by atoms with Gasteiger partial charge in [-0.05, 0) is 30.3 Å². The molecule has 17 heteroatoms. The highest BCUT2D eigenvalue weighted by molar-refractivity contribution is 5.92. The molecular formula is C28H24O17. The highest BCUT2D eigenvalue weighted by Gasteiger charge is 2.46. The van der Waals surface area contributed by atoms with Gasteiger partial charge in [-0.1, -0.05) is 0 Å². The van der Waals surface area contributed by atoms with E-state index in [1.54, 1.807) is 0 Å². The molecule has 2 heterocycles. The van der Waals surface area contributed by atoms with Crippen LogP contribution >= 0.6 is 0 Å². The van der Waals surface area contributed by atoms with Gasteiger partial charge in [0.2, 0.25) is 23.2 Å². The summed E-state index contributed by atoms with van der Waals surface area (Å²) in [6.45, 7) is -0.794. The van der Waals surface area contributed by atoms with Gasteiger partial charge in [0.15, 0.2) is 46.0 Å². The standard InChI is InChI=1S/C28H24O17/c29-10-2-1-8(3-11(10)30)26-24(39)22(37)17-14(43-26)6-15(19(34)21(17)36)44-28-25(40)23(38)20(35)16(45-28)7-42-27(41)9-4-12(31)18(33)13(32)5-9/h1-6,16,20,23,25,28-36,38-40H,7H2/t16-,20-,23+,25-,28-/m1/s1. The maximum atomic E-state index is 12.9. The molecule has 1 aliphatic rings. The molecular weight excluding hydrogens is 608 g/mol. The Morgan fingerprint density at radius 3 is 2.04 bits per heavy atom. The quantitative estimate of drug-likeness (QED) is 0.0995. The smallest absolute Gasteiger partial charge is 0.338 e. The lowest BCUT2D eigenvalue weighted by atomic mass is 9.99. The fourth-order valence-corrected chi connectivity index (χ4v) is 4.48. The van der Waals surface area contributed by atoms with E-state index in [1.807, 2.05) is 0 Å². The summed E-state index contributed by atoms with van der Waals surface area (Å²) in [5.74, 6) is -9.27. The number of rotatable bonds is 6. The third-order valence-corrected chi connectivity index (χ3v) is 6.91. The minimum Gasteiger partial charge on any atom is -0.504 e. The Kier molecular flexibility index (Phi) is 7.86. The molecule has 0 unspecified atom stereocenters. The molecule has 5 rings (SSSR count). The van der Waals surface area contributed by atoms with Crippen LogP contribution in [0.4, 0.5) is 0 Å². The van der Waals surface area contributed by atoms with E-state index in [0.717, 1.165) is 30.3 Å². The number of phenols is 7. The number of hydrogen-bond donors (Lipinski definition) is 11. The molecule has 5 atom stereocenters. The predicted octanol–water partition coefficient (Wildman–Crippen LogP) is 0.148. The van der Waals surface area contributed by atoms with Gasteiger partial charge in [0.25, 0.3) is 0 Å². The number of carbonyl (C=O) groups excluding carboxylic acids is 1. The third kappa shape index (κ3) is 5.47. The van der Waals surface area contributed by atoms with Crippen LogP contribution in [-0.4, -0.2) is 99.5 Å². The number of benzene rings is 3. The Balaban J connectivity index is 1.43. The Morgan fingerprint density at radius 1 is 0.733 bits per heavy atom. The zero-order valence-electron chi connectivity index (χ0n) is 22.4. The number of esters is 1. The Morgan fingerprint density at radius 2 is 1.40 bits per heavy atom. The molecule has 1 saturated heterocycles. The predicted molar refractivity (Wildman–Crippen MR) is 145 cm³/mol. The largest absolute Gasteiger partial charge is 0.504 e. The van der Waals surface area contributed by atoms with Gasteiger partial charge < -0.3 is 74.8 Å². The lowest BCUT2D eigenvalue weighted by Gasteiger charge is -2.39. The van der Waals surface area contributed by atoms with E-state index in [-0.39, 0.29) is 5.56 Å². The van der Waals surface area contributed by atoms with Crippen LogP contribution in [-0.2, 0) is 9.47 Å². The summed E-state index contributed by atoms with van der Waals surface area (Å²) in [7, 11) is 0. The summed E-state index contributed by atoms with van der Waals surface area (Å²) in [5.41, 5.74) is -2.17. The Bertz CT molecular complexity index is 1840. The van der Waals surface area contributed by atoms with Crippen molar-refractivity contribution < 1.29 is 79.6 Å². The second kappa shape index (κ2) is 11.5. The maximum absolute atomic E-state index is 12.9. The Labute approximate surface area is 249 Å². The average Bonchev–Trinajstić information content (AvgIpc) is 3.00. The third-order valence-electron chi connectivity index (χ3n) is 6.91. The molecule has 0 spiro atoms. The highest BCUT2D eigenvalue weighted by Crippen LogP contribution is 2.44. The molecule has 1 aliphatic heterocycles. The second-order valence-electron chi connectivity index (χ2n) is 9.85. The molecule has 4 aromatic rings. The van der Waals surface area contributed by atoms with Crippen LogP contribution in [0.3, 0.4) is 0 Å². The number of fused-ring (bicyclic) bond motifs is 1. The van der Waals surface area contributed by atoms with E-state index in [2.05, 4.69) is 0 Å². The van der Waals surface area contributed by atoms with Crippen molar-refractivity contribution in [3.05, 3.63) is 52.2 Å². The lowest BCUT2D eigenvalue weighted by Crippen LogP contribution is -2.60. The zero-order valence-corrected chi connectivity index (χ0v) is 22.4. The van der Waals surface area contributed by atoms with Gasteiger partial charge in [-0.15, -0.1) is 0 Å². The first-order chi connectivity index (χ1) is 21.2. The SMILES string of the molecule is O=C(OC[C@H]1O[C@@H](Oc2cc3oc(-c4ccc(O)c(O)c4)c(O)c(=O)c3c(O)c2O)[C@H](O)[C@@H](O)[C@@H]1O)c1cc(O)c(O)c(O)c1. The summed E-state index contributed by atoms with van der Waals surface area (Å²) < 4.78 is 21.4. The minimum absolute atomic E-state index is 0.0740. The molecule has 0 aliphatic carbocycles. The van der Waals surface area contributed by atoms with Crippen LogP contribution in [0.2, 0.25) is 0 Å². The van der Waals surface area contributed by atoms with Crippen LogP contribution in [0.1, 0.15) is 10.4 Å². The number of aromatic hydroxyl groups is 8. The summed E-state index contributed by atoms with van der Waals surface area (Å²) in [5, 5.41) is 110. The van der Waals surface area contributed by atoms with Crippen molar-refractivity contribution in [3.63, 3.8) is 0 Å². The molecule has 1 aromatic heterocycles. The number of carbonyl (C=O) groups is 1. The van der Waals surface area contributed by atoms with Crippen LogP contribution in [0.25, 0.3) is 22.3 Å². The van der Waals surface area contributed by atoms with Crippen molar-refractivity contribution in [3.8, 4) is 63.1 Å². The lowest BCUT2D eigenvalue weighted by molar-refractivity contribution is -0.277. The molecule has 0 radical (unpaired) electrons. The van der Waals surface area contributed by atoms with Gasteiger partial charge in [0.1, 0.15) is 42.0 Å². The van der Waals surface area contributed by atoms with Gasteiger partial charge in [-0.3, -0.25) is 4.79 Å². The molecule has 0 bridgehead atoms. The van der Waals surface area contributed by atoms with Gasteiger partial charge in [-0.25, -0.2) is 4.79 Å². The van der Waals surface area contributed by atoms with E-state index < -0.39 is 123 Å². The zero-order chi connectivity index (χ0) is 32.9. The van der Waals surface area contributed by atoms with Crippen molar-refractivity contribution >= 4 is 16.9 Å². The van der Waals surface area contributed by atoms with E-state index in [1.165, 1.54) is 6.07 Å². The second-order valence-corrected chi connectivity index (χ2v) is 9.85. The van der Waals surface area contributed by atoms with Gasteiger partial charge >= 0.3 is 5.97 Å². The van der Waals surface area contributed by atoms with Crippen molar-refractivity contribution in [2.45, 2.75) is 30.7 Å². The van der Waals surface area contributed by atoms with Crippen molar-refractivity contribution in [1.29, 1.82) is 0 Å². The van der Waals surface area contributed by atoms with Crippen molar-refractivity contribution in [1.82, 2.24) is 0 Å². The van der Waals surface area contributed by atoms with Crippen LogP contribution < -0.4 is 10.2 Å². The van der Waals surface area contributed by atoms with Gasteiger partial charge in [-0.2, -0.15) is 0 Å². The summed E-state index contributed by atoms with van der Waals surface area (Å²) in [6, 6.07) is 5.63. The monoisotopic (exact) mass is 632 g/mol. The van der Waals surface area contributed by atoms with E-state index in [9.17, 15) is 65.8 Å². The van der Waals surface area contributed by atoms with Crippen LogP contribution in [0, 0.1) is 0 Å². The normalized spacial score (nSPS) is 21.4. The number of aliphatic hydroxyl groups is 3. The summed E-state index contributed by atoms with van der Waals surface area (Å²) >= 11 is 0. The molecule has 0 saturated carbocycles. The average molecular weight is 632 g/mol. The van der Waals surface area contributed by atoms with E-state index in [4.69, 9.17) is 18.6 Å². The van der Waals surface area contributed by atoms with E-state index in [0.29, 0.717) is 0 Å². The van der Waals surface area contributed by atoms with Crippen molar-refractivity contribution in [2.75, 3.05) is 6.61 Å². The molecule has 11 N–H and O–H groups in total. The van der Waals surface area contributed by atoms with Crippen molar-refractivity contribution in [2.24, 2.45) is 0 Å². The summed E-state index contributed by atoms with van der Waals surface area (Å²) in [6.07, 6.45) is -9.35. The first-order valence-electron chi connectivity index (χ1n) is 12.7. The number of phenolic OH excluding ortho intramolecular Hbond substituents is 7. The van der Waals surface area contributed by atoms with Gasteiger partial charge in [0, 0.05) is 11.6 Å². The fourth-order valence-electron chi connectivity index (χ4n) is 4.48. The number of aliphatic hydroxyl groups excluding tert-OH is 3. The molecule has 17 nitrogen and oxygen atoms in total.